The second-order valence-electron chi connectivity index (χ2n) is 7.75. The van der Waals surface area contributed by atoms with Gasteiger partial charge in [-0.3, -0.25) is 4.98 Å². The quantitative estimate of drug-likeness (QED) is 0.742. The molecule has 6 unspecified atom stereocenters. The Hall–Kier alpha value is -1.11. The van der Waals surface area contributed by atoms with Crippen LogP contribution in [-0.4, -0.2) is 4.98 Å². The summed E-state index contributed by atoms with van der Waals surface area (Å²) in [7, 11) is 0. The van der Waals surface area contributed by atoms with Gasteiger partial charge in [-0.1, -0.05) is 12.2 Å². The van der Waals surface area contributed by atoms with Gasteiger partial charge in [-0.2, -0.15) is 0 Å². The average molecular weight is 265 g/mol. The van der Waals surface area contributed by atoms with Gasteiger partial charge in [0.05, 0.1) is 0 Å². The maximum atomic E-state index is 4.08. The molecule has 1 heterocycles. The Morgan fingerprint density at radius 1 is 1.10 bits per heavy atom. The fourth-order valence-electron chi connectivity index (χ4n) is 6.09. The molecule has 20 heavy (non-hydrogen) atoms. The van der Waals surface area contributed by atoms with E-state index in [1.54, 1.807) is 25.7 Å². The highest BCUT2D eigenvalue weighted by molar-refractivity contribution is 5.26. The van der Waals surface area contributed by atoms with E-state index in [0.29, 0.717) is 0 Å². The molecule has 4 fully saturated rings. The number of allylic oxidation sites excluding steroid dienone is 2. The zero-order chi connectivity index (χ0) is 13.2. The van der Waals surface area contributed by atoms with Crippen molar-refractivity contribution in [2.24, 2.45) is 35.0 Å². The fraction of sp³-hybridized carbons (Fsp3) is 0.632. The van der Waals surface area contributed by atoms with Crippen molar-refractivity contribution in [3.63, 3.8) is 0 Å². The van der Waals surface area contributed by atoms with Crippen molar-refractivity contribution in [1.29, 1.82) is 0 Å². The molecule has 4 aliphatic carbocycles. The first-order valence-electron chi connectivity index (χ1n) is 8.42. The van der Waals surface area contributed by atoms with Gasteiger partial charge in [0.1, 0.15) is 0 Å². The summed E-state index contributed by atoms with van der Waals surface area (Å²) in [5.41, 5.74) is 2.29. The van der Waals surface area contributed by atoms with Crippen LogP contribution in [-0.2, 0) is 6.42 Å². The van der Waals surface area contributed by atoms with Gasteiger partial charge >= 0.3 is 0 Å². The van der Waals surface area contributed by atoms with Gasteiger partial charge in [0.25, 0.3) is 0 Å². The lowest BCUT2D eigenvalue weighted by Gasteiger charge is -2.44. The first-order valence-corrected chi connectivity index (χ1v) is 8.42. The monoisotopic (exact) mass is 265 g/mol. The van der Waals surface area contributed by atoms with Crippen LogP contribution in [0.2, 0.25) is 0 Å². The second kappa shape index (κ2) is 3.96. The van der Waals surface area contributed by atoms with Crippen LogP contribution in [0.3, 0.4) is 0 Å². The lowest BCUT2D eigenvalue weighted by molar-refractivity contribution is 0.0458. The van der Waals surface area contributed by atoms with Gasteiger partial charge in [0, 0.05) is 12.4 Å². The van der Waals surface area contributed by atoms with Gasteiger partial charge in [0.15, 0.2) is 0 Å². The van der Waals surface area contributed by atoms with Crippen LogP contribution in [0.15, 0.2) is 36.7 Å². The molecule has 4 saturated carbocycles. The van der Waals surface area contributed by atoms with Crippen molar-refractivity contribution in [3.05, 3.63) is 42.2 Å². The van der Waals surface area contributed by atoms with E-state index in [0.717, 1.165) is 35.5 Å². The van der Waals surface area contributed by atoms with Crippen LogP contribution in [0.5, 0.6) is 0 Å². The minimum atomic E-state index is 0.873. The molecule has 1 aromatic heterocycles. The zero-order valence-electron chi connectivity index (χ0n) is 12.0. The predicted molar refractivity (Wildman–Crippen MR) is 80.0 cm³/mol. The van der Waals surface area contributed by atoms with Gasteiger partial charge in [0.2, 0.25) is 0 Å². The van der Waals surface area contributed by atoms with Crippen molar-refractivity contribution in [2.45, 2.75) is 38.5 Å². The molecule has 1 nitrogen and oxygen atoms in total. The second-order valence-corrected chi connectivity index (χ2v) is 7.75. The van der Waals surface area contributed by atoms with E-state index >= 15 is 0 Å². The van der Waals surface area contributed by atoms with E-state index in [4.69, 9.17) is 0 Å². The van der Waals surface area contributed by atoms with Gasteiger partial charge in [-0.05, 0) is 91.2 Å². The minimum Gasteiger partial charge on any atom is -0.265 e. The van der Waals surface area contributed by atoms with E-state index in [1.807, 2.05) is 12.4 Å². The van der Waals surface area contributed by atoms with E-state index in [-0.39, 0.29) is 0 Å². The smallest absolute Gasteiger partial charge is 0.0270 e. The SMILES string of the molecule is C(=C\C1C2CC3CC4(CC14)C3C2)/CCc1ccncc1. The Morgan fingerprint density at radius 2 is 2.00 bits per heavy atom. The van der Waals surface area contributed by atoms with Gasteiger partial charge < -0.3 is 0 Å². The molecule has 0 aromatic carbocycles. The van der Waals surface area contributed by atoms with Crippen LogP contribution in [0.4, 0.5) is 0 Å². The Kier molecular flexibility index (Phi) is 2.29. The first kappa shape index (κ1) is 11.5. The Balaban J connectivity index is 1.23. The molecule has 1 spiro atoms. The molecular weight excluding hydrogens is 242 g/mol. The molecule has 6 atom stereocenters. The number of rotatable bonds is 4. The number of nitrogens with zero attached hydrogens (tertiary/aromatic N) is 1. The number of fused-ring (bicyclic) bond motifs is 1. The van der Waals surface area contributed by atoms with Crippen LogP contribution >= 0.6 is 0 Å². The highest BCUT2D eigenvalue weighted by atomic mass is 14.8. The summed E-state index contributed by atoms with van der Waals surface area (Å²) in [5, 5.41) is 0. The summed E-state index contributed by atoms with van der Waals surface area (Å²) < 4.78 is 0. The standard InChI is InChI=1S/C19H23N/c1(3-13-5-7-20-8-6-13)2-4-16-14-9-15-11-19(12-18(16)19)17(15)10-14/h2,4-8,14-18H,1,3,9-12H2/b4-2+. The number of aromatic nitrogens is 1. The lowest BCUT2D eigenvalue weighted by Crippen LogP contribution is -2.38. The van der Waals surface area contributed by atoms with E-state index < -0.39 is 0 Å². The zero-order valence-corrected chi connectivity index (χ0v) is 12.0. The molecule has 104 valence electrons. The molecule has 0 N–H and O–H groups in total. The number of hydrogen-bond donors (Lipinski definition) is 0. The third-order valence-electron chi connectivity index (χ3n) is 7.01. The lowest BCUT2D eigenvalue weighted by atomic mass is 9.60. The maximum Gasteiger partial charge on any atom is 0.0270 e. The number of pyridine rings is 1. The molecule has 0 saturated heterocycles. The molecule has 0 aliphatic heterocycles. The van der Waals surface area contributed by atoms with Crippen molar-refractivity contribution >= 4 is 0 Å². The summed E-state index contributed by atoms with van der Waals surface area (Å²) in [6.45, 7) is 0. The minimum absolute atomic E-state index is 0.873. The molecule has 4 aliphatic rings. The van der Waals surface area contributed by atoms with Gasteiger partial charge in [-0.25, -0.2) is 0 Å². The van der Waals surface area contributed by atoms with Crippen LogP contribution in [0.1, 0.15) is 37.7 Å². The van der Waals surface area contributed by atoms with Crippen molar-refractivity contribution < 1.29 is 0 Å². The Labute approximate surface area is 121 Å². The summed E-state index contributed by atoms with van der Waals surface area (Å²) >= 11 is 0. The average Bonchev–Trinajstić information content (AvgIpc) is 3.15. The molecule has 5 rings (SSSR count). The van der Waals surface area contributed by atoms with Crippen LogP contribution in [0, 0.1) is 35.0 Å². The van der Waals surface area contributed by atoms with Crippen molar-refractivity contribution in [3.8, 4) is 0 Å². The Morgan fingerprint density at radius 3 is 2.90 bits per heavy atom. The summed E-state index contributed by atoms with van der Waals surface area (Å²) in [5.74, 6) is 5.38. The first-order chi connectivity index (χ1) is 9.87. The largest absolute Gasteiger partial charge is 0.265 e. The molecular formula is C19H23N. The van der Waals surface area contributed by atoms with E-state index in [1.165, 1.54) is 17.9 Å². The molecule has 1 aromatic rings. The van der Waals surface area contributed by atoms with Crippen molar-refractivity contribution in [2.75, 3.05) is 0 Å². The highest BCUT2D eigenvalue weighted by Crippen LogP contribution is 2.82. The van der Waals surface area contributed by atoms with Crippen molar-refractivity contribution in [1.82, 2.24) is 4.98 Å². The van der Waals surface area contributed by atoms with Crippen LogP contribution < -0.4 is 0 Å². The summed E-state index contributed by atoms with van der Waals surface area (Å²) in [6, 6.07) is 4.28. The number of aryl methyl sites for hydroxylation is 1. The normalized spacial score (nSPS) is 47.1. The topological polar surface area (TPSA) is 12.9 Å². The maximum absolute atomic E-state index is 4.08. The molecule has 1 heteroatoms. The molecule has 2 bridgehead atoms. The molecule has 0 radical (unpaired) electrons. The third-order valence-corrected chi connectivity index (χ3v) is 7.01. The van der Waals surface area contributed by atoms with E-state index in [2.05, 4.69) is 29.3 Å². The Bertz CT molecular complexity index is 546. The predicted octanol–water partition coefficient (Wildman–Crippen LogP) is 4.25. The fourth-order valence-corrected chi connectivity index (χ4v) is 6.09. The summed E-state index contributed by atoms with van der Waals surface area (Å²) in [6.07, 6.45) is 17.6. The van der Waals surface area contributed by atoms with Crippen LogP contribution in [0.25, 0.3) is 0 Å². The summed E-state index contributed by atoms with van der Waals surface area (Å²) in [4.78, 5) is 4.08. The number of hydrogen-bond acceptors (Lipinski definition) is 1. The third kappa shape index (κ3) is 1.47. The molecule has 0 amide bonds. The van der Waals surface area contributed by atoms with Gasteiger partial charge in [-0.15, -0.1) is 0 Å². The highest BCUT2D eigenvalue weighted by Gasteiger charge is 2.75. The van der Waals surface area contributed by atoms with E-state index in [9.17, 15) is 0 Å².